The molecule has 0 spiro atoms. The minimum Gasteiger partial charge on any atom is -0.454 e. The molecule has 1 amide bonds. The van der Waals surface area contributed by atoms with Gasteiger partial charge in [0.25, 0.3) is 5.91 Å². The van der Waals surface area contributed by atoms with Crippen molar-refractivity contribution in [1.29, 1.82) is 0 Å². The number of esters is 1. The highest BCUT2D eigenvalue weighted by Crippen LogP contribution is 2.34. The van der Waals surface area contributed by atoms with Crippen LogP contribution >= 0.6 is 15.9 Å². The molecule has 0 bridgehead atoms. The van der Waals surface area contributed by atoms with Gasteiger partial charge in [-0.05, 0) is 48.0 Å². The number of para-hydroxylation sites is 1. The zero-order chi connectivity index (χ0) is 27.6. The maximum absolute atomic E-state index is 14.6. The number of benzene rings is 4. The largest absolute Gasteiger partial charge is 0.454 e. The highest BCUT2D eigenvalue weighted by atomic mass is 79.9. The summed E-state index contributed by atoms with van der Waals surface area (Å²) in [7, 11) is 0. The Morgan fingerprint density at radius 2 is 1.80 bits per heavy atom. The standard InChI is InChI=1S/C30H19BrFN3O5/c31-20-10-12-23(40-30(37)18-9-11-24-25(14-18)39-16-38-24)19(13-20)15-33-35-29(36)28-26(17-5-2-1-3-6-17)21-7-4-8-22(32)27(21)34-28/h1-15,34H,16H2,(H,35,36). The van der Waals surface area contributed by atoms with Crippen molar-refractivity contribution in [2.45, 2.75) is 0 Å². The second-order valence-corrected chi connectivity index (χ2v) is 9.66. The van der Waals surface area contributed by atoms with Crippen LogP contribution in [0.1, 0.15) is 26.4 Å². The number of fused-ring (bicyclic) bond motifs is 2. The summed E-state index contributed by atoms with van der Waals surface area (Å²) in [5, 5.41) is 4.66. The molecule has 10 heteroatoms. The van der Waals surface area contributed by atoms with E-state index in [1.165, 1.54) is 12.3 Å². The van der Waals surface area contributed by atoms with Crippen molar-refractivity contribution in [2.24, 2.45) is 5.10 Å². The first-order chi connectivity index (χ1) is 19.5. The zero-order valence-electron chi connectivity index (χ0n) is 20.6. The second kappa shape index (κ2) is 10.7. The molecule has 198 valence electrons. The summed E-state index contributed by atoms with van der Waals surface area (Å²) in [6.45, 7) is 0.0904. The molecule has 0 aliphatic carbocycles. The molecule has 40 heavy (non-hydrogen) atoms. The molecule has 4 aromatic carbocycles. The molecule has 6 rings (SSSR count). The predicted molar refractivity (Wildman–Crippen MR) is 150 cm³/mol. The molecule has 0 radical (unpaired) electrons. The third-order valence-corrected chi connectivity index (χ3v) is 6.72. The summed E-state index contributed by atoms with van der Waals surface area (Å²) in [5.74, 6) is -0.410. The lowest BCUT2D eigenvalue weighted by Crippen LogP contribution is -2.19. The topological polar surface area (TPSA) is 102 Å². The van der Waals surface area contributed by atoms with Crippen molar-refractivity contribution >= 4 is 44.9 Å². The Labute approximate surface area is 235 Å². The van der Waals surface area contributed by atoms with E-state index < -0.39 is 17.7 Å². The lowest BCUT2D eigenvalue weighted by molar-refractivity contribution is 0.0733. The molecule has 1 aromatic heterocycles. The fraction of sp³-hybridized carbons (Fsp3) is 0.0333. The van der Waals surface area contributed by atoms with Crippen LogP contribution < -0.4 is 19.6 Å². The summed E-state index contributed by atoms with van der Waals surface area (Å²) in [6, 6.07) is 23.7. The molecule has 0 unspecified atom stereocenters. The van der Waals surface area contributed by atoms with Gasteiger partial charge in [0.15, 0.2) is 11.5 Å². The van der Waals surface area contributed by atoms with E-state index >= 15 is 0 Å². The summed E-state index contributed by atoms with van der Waals surface area (Å²) < 4.78 is 31.5. The third kappa shape index (κ3) is 4.92. The number of carbonyl (C=O) groups excluding carboxylic acids is 2. The number of aromatic nitrogens is 1. The first-order valence-corrected chi connectivity index (χ1v) is 12.9. The van der Waals surface area contributed by atoms with Gasteiger partial charge in [0, 0.05) is 21.0 Å². The van der Waals surface area contributed by atoms with Crippen LogP contribution in [-0.4, -0.2) is 29.9 Å². The molecule has 0 fully saturated rings. The number of halogens is 2. The third-order valence-electron chi connectivity index (χ3n) is 6.22. The van der Waals surface area contributed by atoms with E-state index in [4.69, 9.17) is 14.2 Å². The van der Waals surface area contributed by atoms with Gasteiger partial charge in [0.1, 0.15) is 17.3 Å². The van der Waals surface area contributed by atoms with Gasteiger partial charge in [0.05, 0.1) is 17.3 Å². The number of hydrogen-bond acceptors (Lipinski definition) is 6. The van der Waals surface area contributed by atoms with Gasteiger partial charge in [-0.3, -0.25) is 4.79 Å². The molecular weight excluding hydrogens is 581 g/mol. The van der Waals surface area contributed by atoms with E-state index in [-0.39, 0.29) is 29.3 Å². The molecule has 0 atom stereocenters. The minimum absolute atomic E-state index is 0.0904. The molecule has 0 saturated heterocycles. The van der Waals surface area contributed by atoms with E-state index in [1.807, 2.05) is 30.3 Å². The number of hydrogen-bond donors (Lipinski definition) is 2. The number of rotatable bonds is 6. The lowest BCUT2D eigenvalue weighted by atomic mass is 10.0. The molecule has 1 aliphatic rings. The van der Waals surface area contributed by atoms with Crippen LogP contribution in [0.3, 0.4) is 0 Å². The first-order valence-electron chi connectivity index (χ1n) is 12.1. The Hall–Kier alpha value is -4.96. The van der Waals surface area contributed by atoms with Crippen molar-refractivity contribution in [3.8, 4) is 28.4 Å². The molecule has 2 N–H and O–H groups in total. The van der Waals surface area contributed by atoms with Crippen LogP contribution in [0.4, 0.5) is 4.39 Å². The number of aromatic amines is 1. The highest BCUT2D eigenvalue weighted by Gasteiger charge is 2.21. The summed E-state index contributed by atoms with van der Waals surface area (Å²) >= 11 is 3.40. The van der Waals surface area contributed by atoms with Crippen LogP contribution in [0.25, 0.3) is 22.0 Å². The van der Waals surface area contributed by atoms with Gasteiger partial charge in [-0.15, -0.1) is 0 Å². The maximum atomic E-state index is 14.6. The SMILES string of the molecule is O=C(Oc1ccc(Br)cc1C=NNC(=O)c1[nH]c2c(F)cccc2c1-c1ccccc1)c1ccc2c(c1)OCO2. The van der Waals surface area contributed by atoms with Gasteiger partial charge >= 0.3 is 5.97 Å². The van der Waals surface area contributed by atoms with Crippen LogP contribution in [0.15, 0.2) is 94.5 Å². The van der Waals surface area contributed by atoms with E-state index in [2.05, 4.69) is 31.4 Å². The molecule has 1 aliphatic heterocycles. The van der Waals surface area contributed by atoms with Crippen LogP contribution in [-0.2, 0) is 0 Å². The Bertz CT molecular complexity index is 1800. The van der Waals surface area contributed by atoms with Crippen molar-refractivity contribution < 1.29 is 28.2 Å². The predicted octanol–water partition coefficient (Wildman–Crippen LogP) is 6.45. The molecule has 2 heterocycles. The fourth-order valence-corrected chi connectivity index (χ4v) is 4.75. The van der Waals surface area contributed by atoms with E-state index in [0.717, 1.165) is 5.56 Å². The average Bonchev–Trinajstić information content (AvgIpc) is 3.60. The normalized spacial score (nSPS) is 12.2. The summed E-state index contributed by atoms with van der Waals surface area (Å²) in [6.07, 6.45) is 1.36. The summed E-state index contributed by atoms with van der Waals surface area (Å²) in [4.78, 5) is 29.0. The Morgan fingerprint density at radius 3 is 2.65 bits per heavy atom. The van der Waals surface area contributed by atoms with Crippen LogP contribution in [0.2, 0.25) is 0 Å². The van der Waals surface area contributed by atoms with Crippen molar-refractivity contribution in [3.63, 3.8) is 0 Å². The monoisotopic (exact) mass is 599 g/mol. The molecular formula is C30H19BrFN3O5. The molecule has 8 nitrogen and oxygen atoms in total. The number of nitrogens with zero attached hydrogens (tertiary/aromatic N) is 1. The van der Waals surface area contributed by atoms with Gasteiger partial charge < -0.3 is 19.2 Å². The number of nitrogens with one attached hydrogen (secondary N) is 2. The second-order valence-electron chi connectivity index (χ2n) is 8.74. The average molecular weight is 600 g/mol. The zero-order valence-corrected chi connectivity index (χ0v) is 22.2. The molecule has 0 saturated carbocycles. The Kier molecular flexibility index (Phi) is 6.75. The quantitative estimate of drug-likeness (QED) is 0.101. The molecule has 5 aromatic rings. The first kappa shape index (κ1) is 25.3. The van der Waals surface area contributed by atoms with E-state index in [9.17, 15) is 14.0 Å². The van der Waals surface area contributed by atoms with Crippen molar-refractivity contribution in [1.82, 2.24) is 10.4 Å². The minimum atomic E-state index is -0.605. The van der Waals surface area contributed by atoms with Crippen LogP contribution in [0.5, 0.6) is 17.2 Å². The smallest absolute Gasteiger partial charge is 0.343 e. The number of amides is 1. The number of hydrazone groups is 1. The van der Waals surface area contributed by atoms with Gasteiger partial charge in [0.2, 0.25) is 6.79 Å². The number of carbonyl (C=O) groups is 2. The fourth-order valence-electron chi connectivity index (χ4n) is 4.37. The van der Waals surface area contributed by atoms with Crippen LogP contribution in [0, 0.1) is 5.82 Å². The Balaban J connectivity index is 1.25. The van der Waals surface area contributed by atoms with E-state index in [0.29, 0.717) is 32.5 Å². The lowest BCUT2D eigenvalue weighted by Gasteiger charge is -2.09. The number of ether oxygens (including phenoxy) is 3. The van der Waals surface area contributed by atoms with E-state index in [1.54, 1.807) is 48.5 Å². The Morgan fingerprint density at radius 1 is 0.975 bits per heavy atom. The van der Waals surface area contributed by atoms with Gasteiger partial charge in [-0.2, -0.15) is 5.10 Å². The highest BCUT2D eigenvalue weighted by molar-refractivity contribution is 9.10. The number of H-pyrrole nitrogens is 1. The summed E-state index contributed by atoms with van der Waals surface area (Å²) in [5.41, 5.74) is 4.88. The maximum Gasteiger partial charge on any atom is 0.343 e. The van der Waals surface area contributed by atoms with Gasteiger partial charge in [-0.25, -0.2) is 14.6 Å². The van der Waals surface area contributed by atoms with Gasteiger partial charge in [-0.1, -0.05) is 58.4 Å². The van der Waals surface area contributed by atoms with Crippen molar-refractivity contribution in [2.75, 3.05) is 6.79 Å². The van der Waals surface area contributed by atoms with Crippen molar-refractivity contribution in [3.05, 3.63) is 112 Å².